The fourth-order valence-corrected chi connectivity index (χ4v) is 4.64. The first-order valence-corrected chi connectivity index (χ1v) is 11.9. The summed E-state index contributed by atoms with van der Waals surface area (Å²) in [7, 11) is 0. The van der Waals surface area contributed by atoms with Crippen LogP contribution in [0.1, 0.15) is 89.8 Å². The number of amides is 1. The van der Waals surface area contributed by atoms with E-state index in [0.717, 1.165) is 62.7 Å². The highest BCUT2D eigenvalue weighted by Crippen LogP contribution is 2.44. The second-order valence-corrected chi connectivity index (χ2v) is 10.2. The summed E-state index contributed by atoms with van der Waals surface area (Å²) in [5, 5.41) is 12.7. The molecular weight excluding hydrogens is 388 g/mol. The van der Waals surface area contributed by atoms with Crippen molar-refractivity contribution in [1.82, 2.24) is 0 Å². The van der Waals surface area contributed by atoms with Gasteiger partial charge in [-0.1, -0.05) is 53.5 Å². The molecule has 1 aromatic carbocycles. The molecule has 2 atom stereocenters. The van der Waals surface area contributed by atoms with Crippen LogP contribution in [0.5, 0.6) is 0 Å². The predicted molar refractivity (Wildman–Crippen MR) is 129 cm³/mol. The first kappa shape index (κ1) is 25.2. The van der Waals surface area contributed by atoms with Gasteiger partial charge in [0.2, 0.25) is 5.91 Å². The molecule has 0 aromatic heterocycles. The standard InChI is InChI=1S/C26H42N2O3/c1-8-12-19(24(29)30)13-10-11-14-28-20(9-2)16-21-17(3)15-18(4)22(23(21)28)27-25(31)26(5,6)7/h15,19-20H,8-14,16H2,1-7H3,(H,27,31)(H,29,30). The van der Waals surface area contributed by atoms with Crippen molar-refractivity contribution in [1.29, 1.82) is 0 Å². The van der Waals surface area contributed by atoms with Gasteiger partial charge < -0.3 is 15.3 Å². The number of carbonyl (C=O) groups excluding carboxylic acids is 1. The van der Waals surface area contributed by atoms with E-state index >= 15 is 0 Å². The maximum atomic E-state index is 12.8. The smallest absolute Gasteiger partial charge is 0.306 e. The number of carboxylic acid groups (broad SMARTS) is 1. The number of unbranched alkanes of at least 4 members (excludes halogenated alkanes) is 1. The third-order valence-corrected chi connectivity index (χ3v) is 6.57. The van der Waals surface area contributed by atoms with Gasteiger partial charge in [-0.15, -0.1) is 0 Å². The lowest BCUT2D eigenvalue weighted by atomic mass is 9.94. The molecule has 1 aliphatic rings. The van der Waals surface area contributed by atoms with Crippen molar-refractivity contribution in [2.24, 2.45) is 11.3 Å². The van der Waals surface area contributed by atoms with Gasteiger partial charge in [-0.05, 0) is 62.6 Å². The van der Waals surface area contributed by atoms with E-state index in [9.17, 15) is 14.7 Å². The Morgan fingerprint density at radius 3 is 2.39 bits per heavy atom. The number of carboxylic acids is 1. The van der Waals surface area contributed by atoms with E-state index in [-0.39, 0.29) is 11.8 Å². The molecule has 174 valence electrons. The van der Waals surface area contributed by atoms with Crippen molar-refractivity contribution in [3.05, 3.63) is 22.8 Å². The number of carbonyl (C=O) groups is 2. The summed E-state index contributed by atoms with van der Waals surface area (Å²) in [4.78, 5) is 26.7. The van der Waals surface area contributed by atoms with Crippen molar-refractivity contribution < 1.29 is 14.7 Å². The van der Waals surface area contributed by atoms with Gasteiger partial charge in [0, 0.05) is 18.0 Å². The molecule has 0 spiro atoms. The second kappa shape index (κ2) is 10.5. The number of hydrogen-bond acceptors (Lipinski definition) is 3. The molecule has 2 unspecified atom stereocenters. The van der Waals surface area contributed by atoms with Crippen LogP contribution in [-0.2, 0) is 16.0 Å². The monoisotopic (exact) mass is 430 g/mol. The molecule has 0 saturated heterocycles. The van der Waals surface area contributed by atoms with Crippen molar-refractivity contribution >= 4 is 23.3 Å². The number of hydrogen-bond donors (Lipinski definition) is 2. The van der Waals surface area contributed by atoms with Crippen LogP contribution >= 0.6 is 0 Å². The van der Waals surface area contributed by atoms with Crippen molar-refractivity contribution in [3.8, 4) is 0 Å². The van der Waals surface area contributed by atoms with E-state index in [2.05, 4.69) is 37.1 Å². The second-order valence-electron chi connectivity index (χ2n) is 10.2. The van der Waals surface area contributed by atoms with E-state index in [1.165, 1.54) is 16.8 Å². The minimum absolute atomic E-state index is 0.0328. The van der Waals surface area contributed by atoms with Crippen LogP contribution < -0.4 is 10.2 Å². The van der Waals surface area contributed by atoms with Gasteiger partial charge in [-0.25, -0.2) is 0 Å². The maximum Gasteiger partial charge on any atom is 0.306 e. The Labute approximate surface area is 188 Å². The molecule has 0 bridgehead atoms. The molecule has 0 aliphatic carbocycles. The number of anilines is 2. The van der Waals surface area contributed by atoms with Crippen LogP contribution in [-0.4, -0.2) is 29.6 Å². The van der Waals surface area contributed by atoms with E-state index in [0.29, 0.717) is 6.04 Å². The summed E-state index contributed by atoms with van der Waals surface area (Å²) in [5.41, 5.74) is 5.41. The van der Waals surface area contributed by atoms with Crippen LogP contribution in [0.25, 0.3) is 0 Å². The van der Waals surface area contributed by atoms with Gasteiger partial charge in [-0.2, -0.15) is 0 Å². The molecule has 0 saturated carbocycles. The summed E-state index contributed by atoms with van der Waals surface area (Å²) in [5.74, 6) is -0.868. The lowest BCUT2D eigenvalue weighted by molar-refractivity contribution is -0.142. The number of fused-ring (bicyclic) bond motifs is 1. The normalized spacial score (nSPS) is 16.9. The molecule has 31 heavy (non-hydrogen) atoms. The number of aryl methyl sites for hydroxylation is 2. The number of nitrogens with one attached hydrogen (secondary N) is 1. The van der Waals surface area contributed by atoms with Crippen molar-refractivity contribution in [2.45, 2.75) is 99.5 Å². The van der Waals surface area contributed by atoms with Gasteiger partial charge in [0.1, 0.15) is 0 Å². The molecule has 1 heterocycles. The topological polar surface area (TPSA) is 69.6 Å². The Bertz CT molecular complexity index is 795. The molecule has 2 rings (SSSR count). The first-order chi connectivity index (χ1) is 14.5. The van der Waals surface area contributed by atoms with Crippen LogP contribution in [0.4, 0.5) is 11.4 Å². The number of aliphatic carboxylic acids is 1. The Kier molecular flexibility index (Phi) is 8.56. The average molecular weight is 431 g/mol. The van der Waals surface area contributed by atoms with Gasteiger partial charge in [0.15, 0.2) is 0 Å². The van der Waals surface area contributed by atoms with Gasteiger partial charge >= 0.3 is 5.97 Å². The third-order valence-electron chi connectivity index (χ3n) is 6.57. The zero-order valence-corrected chi connectivity index (χ0v) is 20.6. The molecule has 5 heteroatoms. The van der Waals surface area contributed by atoms with E-state index in [1.54, 1.807) is 0 Å². The van der Waals surface area contributed by atoms with Gasteiger partial charge in [0.05, 0.1) is 17.3 Å². The van der Waals surface area contributed by atoms with Gasteiger partial charge in [-0.3, -0.25) is 9.59 Å². The molecule has 1 aromatic rings. The average Bonchev–Trinajstić information content (AvgIpc) is 3.05. The summed E-state index contributed by atoms with van der Waals surface area (Å²) in [6.07, 6.45) is 6.32. The molecule has 0 radical (unpaired) electrons. The summed E-state index contributed by atoms with van der Waals surface area (Å²) in [6, 6.07) is 2.61. The number of benzene rings is 1. The van der Waals surface area contributed by atoms with Crippen LogP contribution in [0.2, 0.25) is 0 Å². The highest BCUT2D eigenvalue weighted by Gasteiger charge is 2.33. The van der Waals surface area contributed by atoms with Crippen LogP contribution in [0, 0.1) is 25.2 Å². The van der Waals surface area contributed by atoms with E-state index in [1.807, 2.05) is 27.7 Å². The van der Waals surface area contributed by atoms with Crippen molar-refractivity contribution in [2.75, 3.05) is 16.8 Å². The molecular formula is C26H42N2O3. The Morgan fingerprint density at radius 2 is 1.84 bits per heavy atom. The highest BCUT2D eigenvalue weighted by atomic mass is 16.4. The molecule has 0 fully saturated rings. The predicted octanol–water partition coefficient (Wildman–Crippen LogP) is 6.10. The van der Waals surface area contributed by atoms with Gasteiger partial charge in [0.25, 0.3) is 0 Å². The lowest BCUT2D eigenvalue weighted by Gasteiger charge is -2.30. The molecule has 5 nitrogen and oxygen atoms in total. The highest BCUT2D eigenvalue weighted by molar-refractivity contribution is 5.99. The third kappa shape index (κ3) is 6.02. The molecule has 1 aliphatic heterocycles. The van der Waals surface area contributed by atoms with E-state index < -0.39 is 11.4 Å². The van der Waals surface area contributed by atoms with Crippen LogP contribution in [0.3, 0.4) is 0 Å². The fourth-order valence-electron chi connectivity index (χ4n) is 4.64. The molecule has 2 N–H and O–H groups in total. The van der Waals surface area contributed by atoms with E-state index in [4.69, 9.17) is 0 Å². The summed E-state index contributed by atoms with van der Waals surface area (Å²) >= 11 is 0. The maximum absolute atomic E-state index is 12.8. The summed E-state index contributed by atoms with van der Waals surface area (Å²) in [6.45, 7) is 15.2. The zero-order chi connectivity index (χ0) is 23.3. The van der Waals surface area contributed by atoms with Crippen molar-refractivity contribution in [3.63, 3.8) is 0 Å². The van der Waals surface area contributed by atoms with Crippen LogP contribution in [0.15, 0.2) is 6.07 Å². The Balaban J connectivity index is 2.24. The Hall–Kier alpha value is -2.04. The number of rotatable bonds is 10. The zero-order valence-electron chi connectivity index (χ0n) is 20.6. The minimum Gasteiger partial charge on any atom is -0.481 e. The lowest BCUT2D eigenvalue weighted by Crippen LogP contribution is -2.34. The quantitative estimate of drug-likeness (QED) is 0.440. The fraction of sp³-hybridized carbons (Fsp3) is 0.692. The largest absolute Gasteiger partial charge is 0.481 e. The molecule has 1 amide bonds. The first-order valence-electron chi connectivity index (χ1n) is 11.9. The minimum atomic E-state index is -0.668. The summed E-state index contributed by atoms with van der Waals surface area (Å²) < 4.78 is 0. The SMILES string of the molecule is CCCC(CCCCN1c2c(c(C)cc(C)c2NC(=O)C(C)(C)C)CC1CC)C(=O)O. The number of nitrogens with zero attached hydrogens (tertiary/aromatic N) is 1. The Morgan fingerprint density at radius 1 is 1.16 bits per heavy atom.